The maximum absolute atomic E-state index is 12.7. The van der Waals surface area contributed by atoms with Crippen molar-refractivity contribution in [2.75, 3.05) is 7.11 Å². The fourth-order valence-electron chi connectivity index (χ4n) is 3.08. The summed E-state index contributed by atoms with van der Waals surface area (Å²) >= 11 is 0. The molecule has 22 heavy (non-hydrogen) atoms. The molecule has 0 saturated heterocycles. The molecule has 0 heterocycles. The molecule has 0 aromatic heterocycles. The maximum atomic E-state index is 12.7. The lowest BCUT2D eigenvalue weighted by Gasteiger charge is -2.28. The van der Waals surface area contributed by atoms with E-state index in [9.17, 15) is 9.59 Å². The predicted molar refractivity (Wildman–Crippen MR) is 85.5 cm³/mol. The van der Waals surface area contributed by atoms with Crippen LogP contribution in [0.1, 0.15) is 50.2 Å². The molecule has 1 aromatic carbocycles. The van der Waals surface area contributed by atoms with Crippen molar-refractivity contribution in [3.05, 3.63) is 35.4 Å². The van der Waals surface area contributed by atoms with Crippen LogP contribution < -0.4 is 5.32 Å². The molecular formula is C18H25NO3. The highest BCUT2D eigenvalue weighted by Gasteiger charge is 2.32. The van der Waals surface area contributed by atoms with Gasteiger partial charge in [-0.15, -0.1) is 0 Å². The Morgan fingerprint density at radius 2 is 2.09 bits per heavy atom. The molecule has 0 saturated carbocycles. The van der Waals surface area contributed by atoms with Gasteiger partial charge in [-0.3, -0.25) is 4.79 Å². The zero-order valence-corrected chi connectivity index (χ0v) is 13.6. The van der Waals surface area contributed by atoms with Crippen molar-refractivity contribution in [3.63, 3.8) is 0 Å². The number of esters is 1. The minimum atomic E-state index is -0.573. The van der Waals surface area contributed by atoms with Crippen LogP contribution in [0.2, 0.25) is 0 Å². The molecule has 1 unspecified atom stereocenters. The molecule has 1 N–H and O–H groups in total. The Balaban J connectivity index is 2.16. The largest absolute Gasteiger partial charge is 0.467 e. The van der Waals surface area contributed by atoms with E-state index in [0.29, 0.717) is 0 Å². The van der Waals surface area contributed by atoms with E-state index < -0.39 is 6.04 Å². The van der Waals surface area contributed by atoms with Gasteiger partial charge in [0.2, 0.25) is 5.91 Å². The highest BCUT2D eigenvalue weighted by molar-refractivity contribution is 5.89. The summed E-state index contributed by atoms with van der Waals surface area (Å²) in [6, 6.07) is 7.51. The summed E-state index contributed by atoms with van der Waals surface area (Å²) in [5.74, 6) is -0.550. The van der Waals surface area contributed by atoms with Crippen molar-refractivity contribution in [1.82, 2.24) is 5.32 Å². The van der Waals surface area contributed by atoms with E-state index in [0.717, 1.165) is 31.2 Å². The second-order valence-electron chi connectivity index (χ2n) is 6.04. The third kappa shape index (κ3) is 3.49. The standard InChI is InChI=1S/C18H25NO3/c1-4-12(2)16(18(21)22-3)19-17(20)15-11-7-9-13-8-5-6-10-14(13)15/h5-6,8,10,12,15-16H,4,7,9,11H2,1-3H3,(H,19,20)/t12-,15?,16-/m0/s1. The fraction of sp³-hybridized carbons (Fsp3) is 0.556. The van der Waals surface area contributed by atoms with Gasteiger partial charge in [0.25, 0.3) is 0 Å². The lowest BCUT2D eigenvalue weighted by atomic mass is 9.82. The monoisotopic (exact) mass is 303 g/mol. The van der Waals surface area contributed by atoms with Crippen LogP contribution in [0.3, 0.4) is 0 Å². The number of rotatable bonds is 5. The highest BCUT2D eigenvalue weighted by Crippen LogP contribution is 2.31. The third-order valence-electron chi connectivity index (χ3n) is 4.65. The van der Waals surface area contributed by atoms with Crippen molar-refractivity contribution in [1.29, 1.82) is 0 Å². The number of benzene rings is 1. The van der Waals surface area contributed by atoms with E-state index in [1.807, 2.05) is 32.0 Å². The number of hydrogen-bond acceptors (Lipinski definition) is 3. The molecule has 1 aliphatic carbocycles. The van der Waals surface area contributed by atoms with Gasteiger partial charge in [0.1, 0.15) is 6.04 Å². The van der Waals surface area contributed by atoms with Gasteiger partial charge in [-0.05, 0) is 36.3 Å². The Morgan fingerprint density at radius 1 is 1.36 bits per heavy atom. The minimum Gasteiger partial charge on any atom is -0.467 e. The lowest BCUT2D eigenvalue weighted by Crippen LogP contribution is -2.47. The summed E-state index contributed by atoms with van der Waals surface area (Å²) < 4.78 is 4.84. The molecule has 0 bridgehead atoms. The van der Waals surface area contributed by atoms with E-state index in [-0.39, 0.29) is 23.7 Å². The molecule has 0 aliphatic heterocycles. The van der Waals surface area contributed by atoms with E-state index in [1.165, 1.54) is 12.7 Å². The van der Waals surface area contributed by atoms with Crippen LogP contribution in [0.15, 0.2) is 24.3 Å². The second-order valence-corrected chi connectivity index (χ2v) is 6.04. The van der Waals surface area contributed by atoms with E-state index in [2.05, 4.69) is 11.4 Å². The van der Waals surface area contributed by atoms with Gasteiger partial charge in [-0.25, -0.2) is 4.79 Å². The van der Waals surface area contributed by atoms with Crippen molar-refractivity contribution in [2.24, 2.45) is 5.92 Å². The molecule has 0 fully saturated rings. The van der Waals surface area contributed by atoms with E-state index >= 15 is 0 Å². The molecule has 0 spiro atoms. The second kappa shape index (κ2) is 7.43. The number of ether oxygens (including phenoxy) is 1. The highest BCUT2D eigenvalue weighted by atomic mass is 16.5. The van der Waals surface area contributed by atoms with Gasteiger partial charge in [0.05, 0.1) is 13.0 Å². The zero-order valence-electron chi connectivity index (χ0n) is 13.6. The van der Waals surface area contributed by atoms with Crippen LogP contribution in [-0.4, -0.2) is 25.0 Å². The van der Waals surface area contributed by atoms with Crippen LogP contribution >= 0.6 is 0 Å². The smallest absolute Gasteiger partial charge is 0.328 e. The number of fused-ring (bicyclic) bond motifs is 1. The van der Waals surface area contributed by atoms with Crippen LogP contribution in [-0.2, 0) is 20.7 Å². The number of nitrogens with one attached hydrogen (secondary N) is 1. The van der Waals surface area contributed by atoms with Gasteiger partial charge >= 0.3 is 5.97 Å². The van der Waals surface area contributed by atoms with Gasteiger partial charge in [0, 0.05) is 0 Å². The Labute approximate surface area is 132 Å². The SMILES string of the molecule is CC[C@H](C)[C@H](NC(=O)C1CCCc2ccccc21)C(=O)OC. The summed E-state index contributed by atoms with van der Waals surface area (Å²) in [6.07, 6.45) is 3.66. The third-order valence-corrected chi connectivity index (χ3v) is 4.65. The molecule has 3 atom stereocenters. The molecule has 1 aromatic rings. The normalized spacial score (nSPS) is 19.7. The summed E-state index contributed by atoms with van der Waals surface area (Å²) in [5.41, 5.74) is 2.34. The molecule has 4 heteroatoms. The van der Waals surface area contributed by atoms with Crippen molar-refractivity contribution in [3.8, 4) is 0 Å². The van der Waals surface area contributed by atoms with E-state index in [1.54, 1.807) is 0 Å². The fourth-order valence-corrected chi connectivity index (χ4v) is 3.08. The Kier molecular flexibility index (Phi) is 5.58. The molecule has 2 rings (SSSR count). The maximum Gasteiger partial charge on any atom is 0.328 e. The van der Waals surface area contributed by atoms with Gasteiger partial charge < -0.3 is 10.1 Å². The number of amides is 1. The Bertz CT molecular complexity index is 541. The topological polar surface area (TPSA) is 55.4 Å². The predicted octanol–water partition coefficient (Wildman–Crippen LogP) is 2.81. The zero-order chi connectivity index (χ0) is 16.1. The summed E-state index contributed by atoms with van der Waals surface area (Å²) in [5, 5.41) is 2.92. The average molecular weight is 303 g/mol. The van der Waals surface area contributed by atoms with Gasteiger partial charge in [0.15, 0.2) is 0 Å². The first-order valence-corrected chi connectivity index (χ1v) is 8.04. The first kappa shape index (κ1) is 16.5. The lowest BCUT2D eigenvalue weighted by molar-refractivity contribution is -0.146. The summed E-state index contributed by atoms with van der Waals surface area (Å²) in [6.45, 7) is 3.96. The Hall–Kier alpha value is -1.84. The first-order chi connectivity index (χ1) is 10.6. The summed E-state index contributed by atoms with van der Waals surface area (Å²) in [4.78, 5) is 24.6. The van der Waals surface area contributed by atoms with Crippen LogP contribution in [0.4, 0.5) is 0 Å². The molecule has 4 nitrogen and oxygen atoms in total. The van der Waals surface area contributed by atoms with Crippen LogP contribution in [0.25, 0.3) is 0 Å². The molecule has 0 radical (unpaired) electrons. The van der Waals surface area contributed by atoms with Crippen LogP contribution in [0, 0.1) is 5.92 Å². The molecule has 120 valence electrons. The molecule has 1 aliphatic rings. The minimum absolute atomic E-state index is 0.0511. The van der Waals surface area contributed by atoms with E-state index in [4.69, 9.17) is 4.74 Å². The number of hydrogen-bond donors (Lipinski definition) is 1. The first-order valence-electron chi connectivity index (χ1n) is 8.04. The summed E-state index contributed by atoms with van der Waals surface area (Å²) in [7, 11) is 1.36. The number of carbonyl (C=O) groups excluding carboxylic acids is 2. The quantitative estimate of drug-likeness (QED) is 0.851. The van der Waals surface area contributed by atoms with Gasteiger partial charge in [-0.2, -0.15) is 0 Å². The van der Waals surface area contributed by atoms with Crippen molar-refractivity contribution < 1.29 is 14.3 Å². The number of carbonyl (C=O) groups is 2. The Morgan fingerprint density at radius 3 is 2.77 bits per heavy atom. The van der Waals surface area contributed by atoms with Crippen LogP contribution in [0.5, 0.6) is 0 Å². The van der Waals surface area contributed by atoms with Crippen molar-refractivity contribution in [2.45, 2.75) is 51.5 Å². The molecule has 1 amide bonds. The average Bonchev–Trinajstić information content (AvgIpc) is 2.57. The number of methoxy groups -OCH3 is 1. The molecular weight excluding hydrogens is 278 g/mol. The van der Waals surface area contributed by atoms with Crippen molar-refractivity contribution >= 4 is 11.9 Å². The van der Waals surface area contributed by atoms with Gasteiger partial charge in [-0.1, -0.05) is 44.5 Å². The number of aryl methyl sites for hydroxylation is 1.